The van der Waals surface area contributed by atoms with Gasteiger partial charge in [-0.2, -0.15) is 5.26 Å². The molecular formula is C17H17N3O2. The molecule has 1 aromatic carbocycles. The second-order valence-electron chi connectivity index (χ2n) is 4.62. The monoisotopic (exact) mass is 295 g/mol. The van der Waals surface area contributed by atoms with Crippen molar-refractivity contribution in [2.75, 3.05) is 6.54 Å². The minimum absolute atomic E-state index is 0.0413. The third-order valence-corrected chi connectivity index (χ3v) is 3.02. The van der Waals surface area contributed by atoms with E-state index in [2.05, 4.69) is 10.6 Å². The average Bonchev–Trinajstić information content (AvgIpc) is 3.07. The smallest absolute Gasteiger partial charge is 0.263 e. The molecule has 22 heavy (non-hydrogen) atoms. The molecule has 5 heteroatoms. The Morgan fingerprint density at radius 1 is 1.23 bits per heavy atom. The van der Waals surface area contributed by atoms with Crippen LogP contribution in [0.5, 0.6) is 0 Å². The fraction of sp³-hybridized carbons (Fsp3) is 0.176. The van der Waals surface area contributed by atoms with Crippen LogP contribution in [0.15, 0.2) is 64.9 Å². The van der Waals surface area contributed by atoms with Crippen molar-refractivity contribution in [1.29, 1.82) is 5.26 Å². The molecule has 1 amide bonds. The Morgan fingerprint density at radius 3 is 2.73 bits per heavy atom. The Balaban J connectivity index is 1.77. The van der Waals surface area contributed by atoms with Gasteiger partial charge in [-0.15, -0.1) is 0 Å². The first kappa shape index (κ1) is 15.4. The van der Waals surface area contributed by atoms with E-state index in [0.717, 1.165) is 6.42 Å². The van der Waals surface area contributed by atoms with E-state index in [9.17, 15) is 4.79 Å². The number of hydrogen-bond acceptors (Lipinski definition) is 4. The minimum Gasteiger partial charge on any atom is -0.467 e. The van der Waals surface area contributed by atoms with Gasteiger partial charge in [-0.1, -0.05) is 30.3 Å². The molecular weight excluding hydrogens is 278 g/mol. The van der Waals surface area contributed by atoms with Gasteiger partial charge in [0.2, 0.25) is 0 Å². The molecule has 5 nitrogen and oxygen atoms in total. The number of nitrogens with one attached hydrogen (secondary N) is 2. The maximum Gasteiger partial charge on any atom is 0.263 e. The maximum absolute atomic E-state index is 11.9. The second-order valence-corrected chi connectivity index (χ2v) is 4.62. The number of amides is 1. The average molecular weight is 295 g/mol. The standard InChI is InChI=1S/C17H17N3O2/c18-11-15(17(21)20-13-16-7-4-10-22-16)12-19-9-8-14-5-2-1-3-6-14/h1-7,10,12,19H,8-9,13H2,(H,20,21)/b15-12-. The molecule has 0 aliphatic carbocycles. The van der Waals surface area contributed by atoms with Gasteiger partial charge in [0.1, 0.15) is 17.4 Å². The topological polar surface area (TPSA) is 78.1 Å². The second kappa shape index (κ2) is 8.32. The predicted molar refractivity (Wildman–Crippen MR) is 82.4 cm³/mol. The van der Waals surface area contributed by atoms with Crippen LogP contribution in [0.1, 0.15) is 11.3 Å². The van der Waals surface area contributed by atoms with E-state index in [0.29, 0.717) is 12.3 Å². The zero-order valence-corrected chi connectivity index (χ0v) is 12.1. The number of hydrogen-bond donors (Lipinski definition) is 2. The molecule has 0 unspecified atom stereocenters. The first-order valence-electron chi connectivity index (χ1n) is 6.98. The number of furan rings is 1. The van der Waals surface area contributed by atoms with Crippen LogP contribution in [0.2, 0.25) is 0 Å². The quantitative estimate of drug-likeness (QED) is 0.466. The van der Waals surface area contributed by atoms with Crippen LogP contribution < -0.4 is 10.6 Å². The van der Waals surface area contributed by atoms with Gasteiger partial charge in [0.15, 0.2) is 0 Å². The molecule has 1 heterocycles. The lowest BCUT2D eigenvalue weighted by atomic mass is 10.1. The number of carbonyl (C=O) groups excluding carboxylic acids is 1. The molecule has 0 saturated carbocycles. The largest absolute Gasteiger partial charge is 0.467 e. The molecule has 0 fully saturated rings. The Morgan fingerprint density at radius 2 is 2.05 bits per heavy atom. The van der Waals surface area contributed by atoms with Crippen LogP contribution in [0.25, 0.3) is 0 Å². The normalized spacial score (nSPS) is 10.8. The Labute approximate surface area is 129 Å². The number of rotatable bonds is 7. The molecule has 2 rings (SSSR count). The van der Waals surface area contributed by atoms with Crippen molar-refractivity contribution < 1.29 is 9.21 Å². The predicted octanol–water partition coefficient (Wildman–Crippen LogP) is 2.14. The third-order valence-electron chi connectivity index (χ3n) is 3.02. The first-order valence-corrected chi connectivity index (χ1v) is 6.98. The summed E-state index contributed by atoms with van der Waals surface area (Å²) in [5.74, 6) is 0.216. The van der Waals surface area contributed by atoms with Crippen molar-refractivity contribution in [3.8, 4) is 6.07 Å². The summed E-state index contributed by atoms with van der Waals surface area (Å²) in [6, 6.07) is 15.4. The van der Waals surface area contributed by atoms with Crippen LogP contribution in [-0.4, -0.2) is 12.5 Å². The van der Waals surface area contributed by atoms with Crippen LogP contribution in [0, 0.1) is 11.3 Å². The summed E-state index contributed by atoms with van der Waals surface area (Å²) < 4.78 is 5.11. The van der Waals surface area contributed by atoms with E-state index in [1.54, 1.807) is 12.1 Å². The number of carbonyl (C=O) groups is 1. The first-order chi connectivity index (χ1) is 10.8. The van der Waals surface area contributed by atoms with Gasteiger partial charge in [-0.05, 0) is 24.1 Å². The van der Waals surface area contributed by atoms with Gasteiger partial charge in [0.05, 0.1) is 12.8 Å². The number of nitriles is 1. The molecule has 0 atom stereocenters. The van der Waals surface area contributed by atoms with Gasteiger partial charge in [-0.3, -0.25) is 4.79 Å². The highest BCUT2D eigenvalue weighted by Gasteiger charge is 2.08. The fourth-order valence-corrected chi connectivity index (χ4v) is 1.86. The number of nitrogens with zero attached hydrogens (tertiary/aromatic N) is 1. The van der Waals surface area contributed by atoms with Gasteiger partial charge < -0.3 is 15.1 Å². The molecule has 0 aliphatic heterocycles. The summed E-state index contributed by atoms with van der Waals surface area (Å²) in [5.41, 5.74) is 1.24. The lowest BCUT2D eigenvalue weighted by Crippen LogP contribution is -2.25. The van der Waals surface area contributed by atoms with Crippen LogP contribution >= 0.6 is 0 Å². The Bertz CT molecular complexity index is 655. The van der Waals surface area contributed by atoms with Crippen molar-refractivity contribution in [1.82, 2.24) is 10.6 Å². The highest BCUT2D eigenvalue weighted by atomic mass is 16.3. The van der Waals surface area contributed by atoms with Crippen molar-refractivity contribution in [3.05, 3.63) is 71.8 Å². The van der Waals surface area contributed by atoms with Crippen LogP contribution in [0.3, 0.4) is 0 Å². The summed E-state index contributed by atoms with van der Waals surface area (Å²) in [6.45, 7) is 0.912. The fourth-order valence-electron chi connectivity index (χ4n) is 1.86. The highest BCUT2D eigenvalue weighted by Crippen LogP contribution is 2.00. The summed E-state index contributed by atoms with van der Waals surface area (Å²) in [7, 11) is 0. The molecule has 0 saturated heterocycles. The molecule has 2 aromatic rings. The summed E-state index contributed by atoms with van der Waals surface area (Å²) in [6.07, 6.45) is 3.80. The molecule has 0 radical (unpaired) electrons. The van der Waals surface area contributed by atoms with Crippen molar-refractivity contribution in [2.45, 2.75) is 13.0 Å². The van der Waals surface area contributed by atoms with Crippen molar-refractivity contribution in [3.63, 3.8) is 0 Å². The third kappa shape index (κ3) is 4.84. The van der Waals surface area contributed by atoms with Gasteiger partial charge in [0.25, 0.3) is 5.91 Å². The zero-order valence-electron chi connectivity index (χ0n) is 12.1. The molecule has 0 bridgehead atoms. The van der Waals surface area contributed by atoms with Crippen LogP contribution in [-0.2, 0) is 17.8 Å². The lowest BCUT2D eigenvalue weighted by molar-refractivity contribution is -0.117. The SMILES string of the molecule is N#C/C(=C/NCCc1ccccc1)C(=O)NCc1ccco1. The summed E-state index contributed by atoms with van der Waals surface area (Å²) in [5, 5.41) is 14.6. The summed E-state index contributed by atoms with van der Waals surface area (Å²) in [4.78, 5) is 11.9. The van der Waals surface area contributed by atoms with E-state index in [1.807, 2.05) is 36.4 Å². The van der Waals surface area contributed by atoms with E-state index in [1.165, 1.54) is 18.0 Å². The van der Waals surface area contributed by atoms with Gasteiger partial charge >= 0.3 is 0 Å². The molecule has 2 N–H and O–H groups in total. The van der Waals surface area contributed by atoms with Gasteiger partial charge in [0, 0.05) is 12.7 Å². The van der Waals surface area contributed by atoms with Crippen molar-refractivity contribution in [2.24, 2.45) is 0 Å². The summed E-state index contributed by atoms with van der Waals surface area (Å²) >= 11 is 0. The molecule has 112 valence electrons. The lowest BCUT2D eigenvalue weighted by Gasteiger charge is -2.04. The number of benzene rings is 1. The minimum atomic E-state index is -0.425. The van der Waals surface area contributed by atoms with E-state index >= 15 is 0 Å². The molecule has 0 aliphatic rings. The maximum atomic E-state index is 11.9. The van der Waals surface area contributed by atoms with E-state index in [4.69, 9.17) is 9.68 Å². The Kier molecular flexibility index (Phi) is 5.82. The Hall–Kier alpha value is -3.00. The van der Waals surface area contributed by atoms with E-state index < -0.39 is 5.91 Å². The molecule has 0 spiro atoms. The highest BCUT2D eigenvalue weighted by molar-refractivity contribution is 5.97. The van der Waals surface area contributed by atoms with E-state index in [-0.39, 0.29) is 12.1 Å². The zero-order chi connectivity index (χ0) is 15.6. The van der Waals surface area contributed by atoms with Crippen molar-refractivity contribution >= 4 is 5.91 Å². The molecule has 1 aromatic heterocycles. The van der Waals surface area contributed by atoms with Gasteiger partial charge in [-0.25, -0.2) is 0 Å². The van der Waals surface area contributed by atoms with Crippen LogP contribution in [0.4, 0.5) is 0 Å².